The molecule has 1 unspecified atom stereocenters. The minimum atomic E-state index is -4.52. The molecule has 0 saturated carbocycles. The third-order valence-electron chi connectivity index (χ3n) is 5.33. The number of anilines is 2. The number of aromatic amines is 1. The number of hydrogen-bond acceptors (Lipinski definition) is 6. The molecule has 1 fully saturated rings. The molecule has 4 aromatic rings. The third kappa shape index (κ3) is 4.02. The molecule has 1 saturated heterocycles. The molecule has 0 bridgehead atoms. The lowest BCUT2D eigenvalue weighted by Crippen LogP contribution is -2.43. The summed E-state index contributed by atoms with van der Waals surface area (Å²) in [6.07, 6.45) is -4.52. The standard InChI is InChI=1S/C22H20F3N7/c23-22(24,25)15-7-3-1-5-13(15)20-28-17(18-12-26-9-10-27-18)11-19(29-20)30-21-14-6-2-4-8-16(14)31-32-21/h1-8,11,18,26-27H,9-10,12H2,(H2,28,29,30,31,32). The van der Waals surface area contributed by atoms with Crippen molar-refractivity contribution >= 4 is 22.5 Å². The molecule has 32 heavy (non-hydrogen) atoms. The maximum absolute atomic E-state index is 13.7. The zero-order valence-electron chi connectivity index (χ0n) is 16.9. The summed E-state index contributed by atoms with van der Waals surface area (Å²) in [6.45, 7) is 2.16. The molecule has 0 radical (unpaired) electrons. The largest absolute Gasteiger partial charge is 0.417 e. The van der Waals surface area contributed by atoms with Crippen molar-refractivity contribution in [3.8, 4) is 11.4 Å². The van der Waals surface area contributed by atoms with E-state index in [0.29, 0.717) is 23.9 Å². The summed E-state index contributed by atoms with van der Waals surface area (Å²) in [5.74, 6) is 0.909. The van der Waals surface area contributed by atoms with Crippen LogP contribution in [0.1, 0.15) is 17.3 Å². The lowest BCUT2D eigenvalue weighted by Gasteiger charge is -2.25. The number of nitrogens with one attached hydrogen (secondary N) is 4. The molecule has 164 valence electrons. The van der Waals surface area contributed by atoms with Gasteiger partial charge in [-0.25, -0.2) is 9.97 Å². The number of rotatable bonds is 4. The van der Waals surface area contributed by atoms with Crippen molar-refractivity contribution < 1.29 is 13.2 Å². The van der Waals surface area contributed by atoms with E-state index in [1.165, 1.54) is 12.1 Å². The Balaban J connectivity index is 1.61. The minimum Gasteiger partial charge on any atom is -0.323 e. The molecule has 0 aliphatic carbocycles. The van der Waals surface area contributed by atoms with Crippen LogP contribution in [0.5, 0.6) is 0 Å². The van der Waals surface area contributed by atoms with Gasteiger partial charge in [0.1, 0.15) is 5.82 Å². The molecule has 4 N–H and O–H groups in total. The van der Waals surface area contributed by atoms with Crippen LogP contribution in [-0.2, 0) is 6.18 Å². The molecular weight excluding hydrogens is 419 g/mol. The van der Waals surface area contributed by atoms with Crippen molar-refractivity contribution in [3.05, 3.63) is 65.9 Å². The molecule has 1 atom stereocenters. The third-order valence-corrected chi connectivity index (χ3v) is 5.33. The first-order valence-electron chi connectivity index (χ1n) is 10.2. The maximum atomic E-state index is 13.7. The van der Waals surface area contributed by atoms with E-state index in [1.807, 2.05) is 24.3 Å². The second kappa shape index (κ2) is 8.21. The number of aromatic nitrogens is 4. The van der Waals surface area contributed by atoms with Gasteiger partial charge in [0.25, 0.3) is 0 Å². The molecule has 3 heterocycles. The molecule has 0 amide bonds. The van der Waals surface area contributed by atoms with Gasteiger partial charge in [-0.15, -0.1) is 0 Å². The molecule has 10 heteroatoms. The van der Waals surface area contributed by atoms with E-state index in [9.17, 15) is 13.2 Å². The van der Waals surface area contributed by atoms with Crippen LogP contribution in [0.15, 0.2) is 54.6 Å². The summed E-state index contributed by atoms with van der Waals surface area (Å²) < 4.78 is 41.0. The van der Waals surface area contributed by atoms with Crippen LogP contribution >= 0.6 is 0 Å². The molecule has 2 aromatic carbocycles. The lowest BCUT2D eigenvalue weighted by molar-refractivity contribution is -0.137. The molecule has 1 aliphatic heterocycles. The highest BCUT2D eigenvalue weighted by Gasteiger charge is 2.34. The zero-order valence-corrected chi connectivity index (χ0v) is 16.9. The summed E-state index contributed by atoms with van der Waals surface area (Å²) in [4.78, 5) is 8.94. The van der Waals surface area contributed by atoms with E-state index < -0.39 is 11.7 Å². The zero-order chi connectivity index (χ0) is 22.1. The fourth-order valence-electron chi connectivity index (χ4n) is 3.80. The van der Waals surface area contributed by atoms with Crippen molar-refractivity contribution in [3.63, 3.8) is 0 Å². The number of H-pyrrole nitrogens is 1. The van der Waals surface area contributed by atoms with E-state index in [-0.39, 0.29) is 17.4 Å². The predicted molar refractivity (Wildman–Crippen MR) is 115 cm³/mol. The fraction of sp³-hybridized carbons (Fsp3) is 0.227. The SMILES string of the molecule is FC(F)(F)c1ccccc1-c1nc(Nc2n[nH]c3ccccc23)cc(C2CNCCN2)n1. The number of benzene rings is 2. The van der Waals surface area contributed by atoms with Crippen LogP contribution in [0, 0.1) is 0 Å². The van der Waals surface area contributed by atoms with Gasteiger partial charge in [0.15, 0.2) is 11.6 Å². The highest BCUT2D eigenvalue weighted by Crippen LogP contribution is 2.36. The average Bonchev–Trinajstić information content (AvgIpc) is 3.22. The molecule has 1 aliphatic rings. The maximum Gasteiger partial charge on any atom is 0.417 e. The number of alkyl halides is 3. The Bertz CT molecular complexity index is 1250. The van der Waals surface area contributed by atoms with Gasteiger partial charge < -0.3 is 16.0 Å². The van der Waals surface area contributed by atoms with Gasteiger partial charge in [0, 0.05) is 36.7 Å². The van der Waals surface area contributed by atoms with Crippen molar-refractivity contribution in [2.24, 2.45) is 0 Å². The van der Waals surface area contributed by atoms with Crippen LogP contribution in [0.3, 0.4) is 0 Å². The van der Waals surface area contributed by atoms with Gasteiger partial charge in [0.2, 0.25) is 0 Å². The summed E-state index contributed by atoms with van der Waals surface area (Å²) in [7, 11) is 0. The summed E-state index contributed by atoms with van der Waals surface area (Å²) in [5.41, 5.74) is 0.593. The van der Waals surface area contributed by atoms with Gasteiger partial charge in [0.05, 0.1) is 22.8 Å². The Labute approximate surface area is 181 Å². The Morgan fingerprint density at radius 3 is 2.59 bits per heavy atom. The highest BCUT2D eigenvalue weighted by atomic mass is 19.4. The Morgan fingerprint density at radius 2 is 1.78 bits per heavy atom. The second-order valence-corrected chi connectivity index (χ2v) is 7.50. The number of fused-ring (bicyclic) bond motifs is 1. The van der Waals surface area contributed by atoms with Gasteiger partial charge in [-0.3, -0.25) is 5.10 Å². The number of piperazine rings is 1. The van der Waals surface area contributed by atoms with Gasteiger partial charge in [-0.1, -0.05) is 30.3 Å². The smallest absolute Gasteiger partial charge is 0.323 e. The predicted octanol–water partition coefficient (Wildman–Crippen LogP) is 4.02. The highest BCUT2D eigenvalue weighted by molar-refractivity contribution is 5.91. The first-order chi connectivity index (χ1) is 15.5. The van der Waals surface area contributed by atoms with Crippen LogP contribution in [0.2, 0.25) is 0 Å². The van der Waals surface area contributed by atoms with Gasteiger partial charge in [-0.2, -0.15) is 18.3 Å². The van der Waals surface area contributed by atoms with Crippen molar-refractivity contribution in [1.29, 1.82) is 0 Å². The van der Waals surface area contributed by atoms with Crippen LogP contribution < -0.4 is 16.0 Å². The summed E-state index contributed by atoms with van der Waals surface area (Å²) >= 11 is 0. The van der Waals surface area contributed by atoms with Gasteiger partial charge in [-0.05, 0) is 18.2 Å². The normalized spacial score (nSPS) is 16.9. The first-order valence-corrected chi connectivity index (χ1v) is 10.2. The average molecular weight is 439 g/mol. The number of halogens is 3. The summed E-state index contributed by atoms with van der Waals surface area (Å²) in [6, 6.07) is 14.5. The van der Waals surface area contributed by atoms with E-state index >= 15 is 0 Å². The Kier molecular flexibility index (Phi) is 5.24. The van der Waals surface area contributed by atoms with E-state index in [2.05, 4.69) is 36.1 Å². The Hall–Kier alpha value is -3.50. The molecule has 2 aromatic heterocycles. The quantitative estimate of drug-likeness (QED) is 0.384. The fourth-order valence-corrected chi connectivity index (χ4v) is 3.80. The molecular formula is C22H20F3N7. The van der Waals surface area contributed by atoms with E-state index in [0.717, 1.165) is 30.1 Å². The number of para-hydroxylation sites is 1. The van der Waals surface area contributed by atoms with Crippen LogP contribution in [0.4, 0.5) is 24.8 Å². The van der Waals surface area contributed by atoms with Crippen molar-refractivity contribution in [2.45, 2.75) is 12.2 Å². The minimum absolute atomic E-state index is 0.00476. The van der Waals surface area contributed by atoms with Crippen LogP contribution in [-0.4, -0.2) is 39.8 Å². The van der Waals surface area contributed by atoms with Crippen LogP contribution in [0.25, 0.3) is 22.3 Å². The van der Waals surface area contributed by atoms with Crippen molar-refractivity contribution in [2.75, 3.05) is 25.0 Å². The molecule has 0 spiro atoms. The van der Waals surface area contributed by atoms with E-state index in [1.54, 1.807) is 12.1 Å². The van der Waals surface area contributed by atoms with Crippen molar-refractivity contribution in [1.82, 2.24) is 30.8 Å². The van der Waals surface area contributed by atoms with E-state index in [4.69, 9.17) is 0 Å². The topological polar surface area (TPSA) is 90.5 Å². The first kappa shape index (κ1) is 20.4. The summed E-state index contributed by atoms with van der Waals surface area (Å²) in [5, 5.41) is 17.9. The number of nitrogens with zero attached hydrogens (tertiary/aromatic N) is 3. The monoisotopic (exact) mass is 439 g/mol. The molecule has 7 nitrogen and oxygen atoms in total. The molecule has 5 rings (SSSR count). The van der Waals surface area contributed by atoms with Gasteiger partial charge >= 0.3 is 6.18 Å². The lowest BCUT2D eigenvalue weighted by atomic mass is 10.1. The number of hydrogen-bond donors (Lipinski definition) is 4. The second-order valence-electron chi connectivity index (χ2n) is 7.50. The Morgan fingerprint density at radius 1 is 0.969 bits per heavy atom.